The Kier molecular flexibility index (Phi) is 12.3. The van der Waals surface area contributed by atoms with E-state index in [0.717, 1.165) is 43.2 Å². The highest BCUT2D eigenvalue weighted by molar-refractivity contribution is 6.74. The van der Waals surface area contributed by atoms with Gasteiger partial charge in [0, 0.05) is 11.1 Å². The lowest BCUT2D eigenvalue weighted by Gasteiger charge is -2.37. The molecule has 0 saturated carbocycles. The van der Waals surface area contributed by atoms with Crippen molar-refractivity contribution in [2.45, 2.75) is 143 Å². The molecule has 5 heteroatoms. The van der Waals surface area contributed by atoms with Crippen molar-refractivity contribution < 1.29 is 14.0 Å². The van der Waals surface area contributed by atoms with Gasteiger partial charge in [-0.1, -0.05) is 84.4 Å². The number of aryl methyl sites for hydroxylation is 1. The molecular weight excluding hydrogens is 537 g/mol. The van der Waals surface area contributed by atoms with Crippen LogP contribution < -0.4 is 0 Å². The molecule has 3 nitrogen and oxygen atoms in total. The van der Waals surface area contributed by atoms with Crippen LogP contribution in [0.3, 0.4) is 0 Å². The molecule has 0 radical (unpaired) electrons. The highest BCUT2D eigenvalue weighted by Gasteiger charge is 2.38. The van der Waals surface area contributed by atoms with Gasteiger partial charge in [-0.15, -0.1) is 0 Å². The predicted molar refractivity (Wildman–Crippen MR) is 181 cm³/mol. The maximum atomic E-state index is 9.92. The van der Waals surface area contributed by atoms with E-state index in [1.165, 1.54) is 16.7 Å². The van der Waals surface area contributed by atoms with E-state index in [4.69, 9.17) is 8.85 Å². The van der Waals surface area contributed by atoms with E-state index in [2.05, 4.69) is 122 Å². The molecule has 0 spiro atoms. The van der Waals surface area contributed by atoms with Gasteiger partial charge >= 0.3 is 0 Å². The molecule has 0 aliphatic heterocycles. The summed E-state index contributed by atoms with van der Waals surface area (Å²) < 4.78 is 13.3. The number of aliphatic hydroxyl groups is 1. The topological polar surface area (TPSA) is 38.7 Å². The molecule has 2 aromatic carbocycles. The summed E-state index contributed by atoms with van der Waals surface area (Å²) >= 11 is 0. The van der Waals surface area contributed by atoms with Crippen molar-refractivity contribution in [2.24, 2.45) is 0 Å². The molecule has 2 rings (SSSR count). The van der Waals surface area contributed by atoms with Crippen LogP contribution in [0.15, 0.2) is 42.5 Å². The van der Waals surface area contributed by atoms with E-state index in [1.807, 2.05) is 13.8 Å². The maximum Gasteiger partial charge on any atom is 0.192 e. The Labute approximate surface area is 254 Å². The molecule has 0 fully saturated rings. The van der Waals surface area contributed by atoms with E-state index in [1.54, 1.807) is 0 Å². The molecule has 0 amide bonds. The fourth-order valence-electron chi connectivity index (χ4n) is 3.94. The Morgan fingerprint density at radius 1 is 0.659 bits per heavy atom. The Morgan fingerprint density at radius 3 is 1.73 bits per heavy atom. The van der Waals surface area contributed by atoms with E-state index in [-0.39, 0.29) is 10.1 Å². The minimum atomic E-state index is -1.90. The fraction of sp³-hybridized carbons (Fsp3) is 0.611. The van der Waals surface area contributed by atoms with Crippen LogP contribution >= 0.6 is 0 Å². The summed E-state index contributed by atoms with van der Waals surface area (Å²) in [5.74, 6) is 6.82. The largest absolute Gasteiger partial charge is 0.413 e. The van der Waals surface area contributed by atoms with Gasteiger partial charge in [0.05, 0.1) is 18.8 Å². The molecule has 0 saturated heterocycles. The van der Waals surface area contributed by atoms with Crippen molar-refractivity contribution in [3.05, 3.63) is 70.3 Å². The number of hydrogen-bond donors (Lipinski definition) is 1. The summed E-state index contributed by atoms with van der Waals surface area (Å²) in [5, 5.41) is 10.2. The second-order valence-electron chi connectivity index (χ2n) is 15.4. The predicted octanol–water partition coefficient (Wildman–Crippen LogP) is 10.0. The van der Waals surface area contributed by atoms with E-state index < -0.39 is 22.2 Å². The number of unbranched alkanes of at least 4 members (excludes halogenated alkanes) is 2. The van der Waals surface area contributed by atoms with Crippen LogP contribution in [0.1, 0.15) is 109 Å². The summed E-state index contributed by atoms with van der Waals surface area (Å²) in [6.45, 7) is 27.9. The van der Waals surface area contributed by atoms with Gasteiger partial charge < -0.3 is 14.0 Å². The minimum absolute atomic E-state index is 0.155. The summed E-state index contributed by atoms with van der Waals surface area (Å²) in [7, 11) is -3.77. The quantitative estimate of drug-likeness (QED) is 0.151. The van der Waals surface area contributed by atoms with E-state index >= 15 is 0 Å². The third kappa shape index (κ3) is 11.8. The molecular formula is C36H58O3Si2. The average molecular weight is 595 g/mol. The zero-order chi connectivity index (χ0) is 31.1. The van der Waals surface area contributed by atoms with Gasteiger partial charge in [-0.25, -0.2) is 0 Å². The fourth-order valence-corrected chi connectivity index (χ4v) is 5.84. The van der Waals surface area contributed by atoms with Gasteiger partial charge in [-0.3, -0.25) is 0 Å². The molecule has 0 aromatic heterocycles. The highest BCUT2D eigenvalue weighted by Crippen LogP contribution is 2.39. The first kappa shape index (κ1) is 35.5. The Bertz CT molecular complexity index is 1180. The maximum absolute atomic E-state index is 9.92. The number of hydrogen-bond acceptors (Lipinski definition) is 3. The standard InChI is InChI=1S/C36H58O3Si2/c1-34(2,3)40(9,10)38-27-32-23-22-31(26-33(32)28-39-41(11,12)35(4,5)6)21-20-30-19-16-18-29(25-30)17-14-13-15-24-36(7,8)37/h16,18-19,22-23,25-26,37H,13-15,17,24,27-28H2,1-12H3. The highest BCUT2D eigenvalue weighted by atomic mass is 28.4. The molecule has 0 unspecified atom stereocenters. The van der Waals surface area contributed by atoms with Crippen molar-refractivity contribution in [1.29, 1.82) is 0 Å². The van der Waals surface area contributed by atoms with Crippen LogP contribution in [0.5, 0.6) is 0 Å². The zero-order valence-corrected chi connectivity index (χ0v) is 30.3. The van der Waals surface area contributed by atoms with Crippen LogP contribution in [0.4, 0.5) is 0 Å². The minimum Gasteiger partial charge on any atom is -0.413 e. The van der Waals surface area contributed by atoms with Crippen molar-refractivity contribution in [3.8, 4) is 11.8 Å². The van der Waals surface area contributed by atoms with Crippen LogP contribution in [-0.2, 0) is 28.5 Å². The Balaban J connectivity index is 2.22. The molecule has 228 valence electrons. The van der Waals surface area contributed by atoms with Crippen LogP contribution in [0.25, 0.3) is 0 Å². The third-order valence-electron chi connectivity index (χ3n) is 9.03. The van der Waals surface area contributed by atoms with Gasteiger partial charge in [0.2, 0.25) is 0 Å². The van der Waals surface area contributed by atoms with E-state index in [0.29, 0.717) is 13.2 Å². The third-order valence-corrected chi connectivity index (χ3v) is 18.0. The summed E-state index contributed by atoms with van der Waals surface area (Å²) in [5.41, 5.74) is 5.19. The Hall–Kier alpha value is -1.69. The van der Waals surface area contributed by atoms with Gasteiger partial charge in [-0.2, -0.15) is 0 Å². The lowest BCUT2D eigenvalue weighted by molar-refractivity contribution is 0.0681. The van der Waals surface area contributed by atoms with E-state index in [9.17, 15) is 5.11 Å². The molecule has 2 aromatic rings. The average Bonchev–Trinajstić information content (AvgIpc) is 2.83. The molecule has 41 heavy (non-hydrogen) atoms. The zero-order valence-electron chi connectivity index (χ0n) is 28.3. The van der Waals surface area contributed by atoms with Crippen molar-refractivity contribution in [2.75, 3.05) is 0 Å². The number of rotatable bonds is 12. The van der Waals surface area contributed by atoms with Crippen molar-refractivity contribution in [3.63, 3.8) is 0 Å². The summed E-state index contributed by atoms with van der Waals surface area (Å²) in [6, 6.07) is 15.1. The molecule has 1 N–H and O–H groups in total. The molecule has 0 atom stereocenters. The second-order valence-corrected chi connectivity index (χ2v) is 25.0. The van der Waals surface area contributed by atoms with Crippen LogP contribution in [0, 0.1) is 11.8 Å². The Morgan fingerprint density at radius 2 is 1.20 bits per heavy atom. The normalized spacial score (nSPS) is 13.2. The first-order valence-electron chi connectivity index (χ1n) is 15.4. The summed E-state index contributed by atoms with van der Waals surface area (Å²) in [4.78, 5) is 0. The molecule has 0 bridgehead atoms. The van der Waals surface area contributed by atoms with Gasteiger partial charge in [0.25, 0.3) is 0 Å². The first-order chi connectivity index (χ1) is 18.7. The number of benzene rings is 2. The second kappa shape index (κ2) is 14.2. The monoisotopic (exact) mass is 594 g/mol. The SMILES string of the molecule is CC(C)(O)CCCCCc1cccc(C#Cc2ccc(CO[Si](C)(C)C(C)(C)C)c(CO[Si](C)(C)C(C)(C)C)c2)c1. The summed E-state index contributed by atoms with van der Waals surface area (Å²) in [6.07, 6.45) is 5.21. The lowest BCUT2D eigenvalue weighted by Crippen LogP contribution is -2.41. The van der Waals surface area contributed by atoms with Gasteiger partial charge in [-0.05, 0) is 110 Å². The van der Waals surface area contributed by atoms with Gasteiger partial charge in [0.1, 0.15) is 0 Å². The van der Waals surface area contributed by atoms with Crippen LogP contribution in [-0.4, -0.2) is 27.3 Å². The molecule has 0 aliphatic carbocycles. The van der Waals surface area contributed by atoms with Crippen LogP contribution in [0.2, 0.25) is 36.3 Å². The molecule has 0 aliphatic rings. The first-order valence-corrected chi connectivity index (χ1v) is 21.2. The van der Waals surface area contributed by atoms with Crippen molar-refractivity contribution in [1.82, 2.24) is 0 Å². The van der Waals surface area contributed by atoms with Gasteiger partial charge in [0.15, 0.2) is 16.6 Å². The lowest BCUT2D eigenvalue weighted by atomic mass is 9.98. The van der Waals surface area contributed by atoms with Crippen molar-refractivity contribution >= 4 is 16.6 Å². The smallest absolute Gasteiger partial charge is 0.192 e. The molecule has 0 heterocycles.